The normalized spacial score (nSPS) is 21.1. The highest BCUT2D eigenvalue weighted by molar-refractivity contribution is 9.08. The average molecular weight is 374 g/mol. The zero-order valence-electron chi connectivity index (χ0n) is 12.6. The van der Waals surface area contributed by atoms with Crippen LogP contribution in [0, 0.1) is 5.92 Å². The predicted octanol–water partition coefficient (Wildman–Crippen LogP) is 4.17. The van der Waals surface area contributed by atoms with E-state index in [1.54, 1.807) is 16.4 Å². The van der Waals surface area contributed by atoms with Gasteiger partial charge in [-0.1, -0.05) is 47.8 Å². The molecule has 2 rings (SSSR count). The second-order valence-electron chi connectivity index (χ2n) is 5.77. The summed E-state index contributed by atoms with van der Waals surface area (Å²) in [5.74, 6) is 0.686. The summed E-state index contributed by atoms with van der Waals surface area (Å²) in [7, 11) is -3.33. The van der Waals surface area contributed by atoms with E-state index in [1.807, 2.05) is 12.1 Å². The molecule has 1 heterocycles. The standard InChI is InChI=1S/C16H24BrNO2S/c1-2-4-14-5-3-11-18(12-10-14)21(19,20)16-8-6-15(13-17)7-9-16/h6-9,14H,2-5,10-13H2,1H3. The molecule has 0 saturated carbocycles. The highest BCUT2D eigenvalue weighted by Crippen LogP contribution is 2.26. The fourth-order valence-corrected chi connectivity index (χ4v) is 4.84. The molecule has 3 nitrogen and oxygen atoms in total. The van der Waals surface area contributed by atoms with Crippen molar-refractivity contribution >= 4 is 26.0 Å². The molecule has 0 aliphatic carbocycles. The van der Waals surface area contributed by atoms with Crippen LogP contribution in [0.5, 0.6) is 0 Å². The number of rotatable bonds is 5. The first-order chi connectivity index (χ1) is 10.1. The van der Waals surface area contributed by atoms with E-state index in [1.165, 1.54) is 12.8 Å². The van der Waals surface area contributed by atoms with Crippen molar-refractivity contribution in [3.05, 3.63) is 29.8 Å². The molecular formula is C16H24BrNO2S. The van der Waals surface area contributed by atoms with Gasteiger partial charge in [-0.25, -0.2) is 8.42 Å². The van der Waals surface area contributed by atoms with E-state index in [9.17, 15) is 8.42 Å². The van der Waals surface area contributed by atoms with Crippen molar-refractivity contribution in [2.75, 3.05) is 13.1 Å². The van der Waals surface area contributed by atoms with E-state index >= 15 is 0 Å². The van der Waals surface area contributed by atoms with Gasteiger partial charge in [-0.05, 0) is 42.9 Å². The van der Waals surface area contributed by atoms with Gasteiger partial charge in [-0.15, -0.1) is 0 Å². The molecule has 1 aromatic carbocycles. The number of benzene rings is 1. The monoisotopic (exact) mass is 373 g/mol. The minimum absolute atomic E-state index is 0.418. The van der Waals surface area contributed by atoms with Gasteiger partial charge in [-0.2, -0.15) is 4.31 Å². The predicted molar refractivity (Wildman–Crippen MR) is 90.1 cm³/mol. The smallest absolute Gasteiger partial charge is 0.207 e. The van der Waals surface area contributed by atoms with Crippen molar-refractivity contribution in [1.29, 1.82) is 0 Å². The van der Waals surface area contributed by atoms with Crippen LogP contribution in [-0.4, -0.2) is 25.8 Å². The molecule has 1 aliphatic heterocycles. The number of sulfonamides is 1. The molecule has 5 heteroatoms. The second-order valence-corrected chi connectivity index (χ2v) is 8.27. The van der Waals surface area contributed by atoms with Crippen LogP contribution in [0.2, 0.25) is 0 Å². The summed E-state index contributed by atoms with van der Waals surface area (Å²) in [5, 5.41) is 0.746. The summed E-state index contributed by atoms with van der Waals surface area (Å²) in [6, 6.07) is 7.19. The fraction of sp³-hybridized carbons (Fsp3) is 0.625. The van der Waals surface area contributed by atoms with Gasteiger partial charge in [0.2, 0.25) is 10.0 Å². The Labute approximate surface area is 136 Å². The number of nitrogens with zero attached hydrogens (tertiary/aromatic N) is 1. The van der Waals surface area contributed by atoms with Gasteiger partial charge >= 0.3 is 0 Å². The largest absolute Gasteiger partial charge is 0.243 e. The van der Waals surface area contributed by atoms with E-state index in [0.717, 1.165) is 30.2 Å². The molecule has 0 N–H and O–H groups in total. The van der Waals surface area contributed by atoms with Gasteiger partial charge in [0.1, 0.15) is 0 Å². The number of hydrogen-bond donors (Lipinski definition) is 0. The Morgan fingerprint density at radius 1 is 1.19 bits per heavy atom. The third kappa shape index (κ3) is 4.30. The van der Waals surface area contributed by atoms with Crippen molar-refractivity contribution < 1.29 is 8.42 Å². The molecular weight excluding hydrogens is 350 g/mol. The molecule has 1 aromatic rings. The Morgan fingerprint density at radius 2 is 1.90 bits per heavy atom. The highest BCUT2D eigenvalue weighted by atomic mass is 79.9. The lowest BCUT2D eigenvalue weighted by Gasteiger charge is -2.20. The van der Waals surface area contributed by atoms with Gasteiger partial charge in [-0.3, -0.25) is 0 Å². The SMILES string of the molecule is CCCC1CCCN(S(=O)(=O)c2ccc(CBr)cc2)CC1. The molecule has 21 heavy (non-hydrogen) atoms. The molecule has 0 spiro atoms. The topological polar surface area (TPSA) is 37.4 Å². The van der Waals surface area contributed by atoms with Crippen molar-refractivity contribution in [2.24, 2.45) is 5.92 Å². The fourth-order valence-electron chi connectivity index (χ4n) is 2.98. The van der Waals surface area contributed by atoms with E-state index in [-0.39, 0.29) is 0 Å². The number of alkyl halides is 1. The molecule has 1 saturated heterocycles. The first-order valence-electron chi connectivity index (χ1n) is 7.73. The molecule has 1 fully saturated rings. The van der Waals surface area contributed by atoms with Gasteiger partial charge in [0, 0.05) is 18.4 Å². The van der Waals surface area contributed by atoms with Crippen LogP contribution < -0.4 is 0 Å². The summed E-state index contributed by atoms with van der Waals surface area (Å²) >= 11 is 3.38. The molecule has 0 bridgehead atoms. The zero-order valence-corrected chi connectivity index (χ0v) is 15.0. The van der Waals surface area contributed by atoms with E-state index in [0.29, 0.717) is 23.9 Å². The van der Waals surface area contributed by atoms with Crippen molar-refractivity contribution in [3.8, 4) is 0 Å². The lowest BCUT2D eigenvalue weighted by molar-refractivity contribution is 0.400. The minimum Gasteiger partial charge on any atom is -0.207 e. The Hall–Kier alpha value is -0.390. The van der Waals surface area contributed by atoms with Crippen LogP contribution in [0.25, 0.3) is 0 Å². The van der Waals surface area contributed by atoms with Gasteiger partial charge in [0.25, 0.3) is 0 Å². The third-order valence-electron chi connectivity index (χ3n) is 4.22. The van der Waals surface area contributed by atoms with E-state index in [2.05, 4.69) is 22.9 Å². The molecule has 0 amide bonds. The molecule has 1 atom stereocenters. The van der Waals surface area contributed by atoms with Crippen molar-refractivity contribution in [1.82, 2.24) is 4.31 Å². The highest BCUT2D eigenvalue weighted by Gasteiger charge is 2.27. The van der Waals surface area contributed by atoms with E-state index < -0.39 is 10.0 Å². The van der Waals surface area contributed by atoms with Crippen LogP contribution in [0.1, 0.15) is 44.6 Å². The van der Waals surface area contributed by atoms with Gasteiger partial charge in [0.05, 0.1) is 4.90 Å². The summed E-state index contributed by atoms with van der Waals surface area (Å²) in [4.78, 5) is 0.418. The Bertz CT molecular complexity index is 542. The maximum atomic E-state index is 12.7. The third-order valence-corrected chi connectivity index (χ3v) is 6.78. The summed E-state index contributed by atoms with van der Waals surface area (Å²) in [5.41, 5.74) is 1.09. The molecule has 118 valence electrons. The molecule has 1 unspecified atom stereocenters. The first kappa shape index (κ1) is 17.0. The van der Waals surface area contributed by atoms with Crippen LogP contribution in [-0.2, 0) is 15.4 Å². The maximum Gasteiger partial charge on any atom is 0.243 e. The maximum absolute atomic E-state index is 12.7. The lowest BCUT2D eigenvalue weighted by Crippen LogP contribution is -2.32. The zero-order chi connectivity index (χ0) is 15.3. The molecule has 0 aromatic heterocycles. The molecule has 0 radical (unpaired) electrons. The van der Waals surface area contributed by atoms with Crippen molar-refractivity contribution in [2.45, 2.75) is 49.3 Å². The Morgan fingerprint density at radius 3 is 2.52 bits per heavy atom. The quantitative estimate of drug-likeness (QED) is 0.726. The number of halogens is 1. The summed E-state index contributed by atoms with van der Waals surface area (Å²) in [6.45, 7) is 3.51. The minimum atomic E-state index is -3.33. The second kappa shape index (κ2) is 7.75. The average Bonchev–Trinajstić information content (AvgIpc) is 2.74. The summed E-state index contributed by atoms with van der Waals surface area (Å²) < 4.78 is 27.1. The first-order valence-corrected chi connectivity index (χ1v) is 10.3. The Balaban J connectivity index is 2.11. The van der Waals surface area contributed by atoms with Crippen LogP contribution in [0.4, 0.5) is 0 Å². The van der Waals surface area contributed by atoms with Crippen LogP contribution >= 0.6 is 15.9 Å². The Kier molecular flexibility index (Phi) is 6.26. The lowest BCUT2D eigenvalue weighted by atomic mass is 9.96. The molecule has 1 aliphatic rings. The summed E-state index contributed by atoms with van der Waals surface area (Å²) in [6.07, 6.45) is 5.53. The number of hydrogen-bond acceptors (Lipinski definition) is 2. The van der Waals surface area contributed by atoms with E-state index in [4.69, 9.17) is 0 Å². The van der Waals surface area contributed by atoms with Gasteiger partial charge < -0.3 is 0 Å². The van der Waals surface area contributed by atoms with Crippen LogP contribution in [0.15, 0.2) is 29.2 Å². The van der Waals surface area contributed by atoms with Crippen LogP contribution in [0.3, 0.4) is 0 Å². The van der Waals surface area contributed by atoms with Gasteiger partial charge in [0.15, 0.2) is 0 Å². The van der Waals surface area contributed by atoms with Crippen molar-refractivity contribution in [3.63, 3.8) is 0 Å².